The summed E-state index contributed by atoms with van der Waals surface area (Å²) < 4.78 is 21.4. The van der Waals surface area contributed by atoms with Gasteiger partial charge in [0.05, 0.1) is 25.0 Å². The van der Waals surface area contributed by atoms with Crippen LogP contribution in [-0.4, -0.2) is 51.6 Å². The predicted octanol–water partition coefficient (Wildman–Crippen LogP) is 3.51. The average Bonchev–Trinajstić information content (AvgIpc) is 2.67. The molecular formula is C20H36O6. The van der Waals surface area contributed by atoms with Gasteiger partial charge in [0.2, 0.25) is 0 Å². The molecule has 0 aromatic carbocycles. The first kappa shape index (κ1) is 22.9. The summed E-state index contributed by atoms with van der Waals surface area (Å²) in [4.78, 5) is 24.3. The summed E-state index contributed by atoms with van der Waals surface area (Å²) in [5.41, 5.74) is 0. The molecule has 2 atom stereocenters. The van der Waals surface area contributed by atoms with Gasteiger partial charge in [-0.15, -0.1) is 0 Å². The number of ether oxygens (including phenoxy) is 4. The number of carbonyl (C=O) groups is 2. The van der Waals surface area contributed by atoms with E-state index in [1.807, 2.05) is 0 Å². The maximum absolute atomic E-state index is 12.2. The van der Waals surface area contributed by atoms with Crippen molar-refractivity contribution in [2.45, 2.75) is 65.2 Å². The van der Waals surface area contributed by atoms with E-state index in [9.17, 15) is 9.59 Å². The lowest BCUT2D eigenvalue weighted by Gasteiger charge is -2.26. The van der Waals surface area contributed by atoms with Gasteiger partial charge in [0.25, 0.3) is 0 Å². The third-order valence-electron chi connectivity index (χ3n) is 4.57. The van der Waals surface area contributed by atoms with Gasteiger partial charge in [0.1, 0.15) is 13.2 Å². The van der Waals surface area contributed by atoms with Crippen LogP contribution < -0.4 is 0 Å². The third-order valence-corrected chi connectivity index (χ3v) is 4.57. The molecule has 0 radical (unpaired) electrons. The molecule has 0 aromatic heterocycles. The summed E-state index contributed by atoms with van der Waals surface area (Å²) >= 11 is 0. The van der Waals surface area contributed by atoms with Crippen molar-refractivity contribution < 1.29 is 28.5 Å². The van der Waals surface area contributed by atoms with Crippen molar-refractivity contribution in [3.05, 3.63) is 0 Å². The lowest BCUT2D eigenvalue weighted by atomic mass is 9.81. The van der Waals surface area contributed by atoms with Crippen LogP contribution in [0.1, 0.15) is 65.2 Å². The van der Waals surface area contributed by atoms with Crippen LogP contribution in [0.5, 0.6) is 0 Å². The quantitative estimate of drug-likeness (QED) is 0.343. The molecule has 0 saturated heterocycles. The van der Waals surface area contributed by atoms with Crippen molar-refractivity contribution in [1.29, 1.82) is 0 Å². The van der Waals surface area contributed by atoms with Crippen LogP contribution >= 0.6 is 0 Å². The molecule has 0 amide bonds. The summed E-state index contributed by atoms with van der Waals surface area (Å²) in [6.45, 7) is 7.04. The standard InChI is InChI=1S/C20H36O6/c1-3-5-10-23-12-14-25-19(21)17-8-7-9-18(16-17)20(22)26-15-13-24-11-6-4-2/h17-18H,3-16H2,1-2H3. The van der Waals surface area contributed by atoms with E-state index in [-0.39, 0.29) is 37.0 Å². The van der Waals surface area contributed by atoms with Crippen LogP contribution in [0.15, 0.2) is 0 Å². The van der Waals surface area contributed by atoms with Gasteiger partial charge in [0, 0.05) is 13.2 Å². The maximum Gasteiger partial charge on any atom is 0.309 e. The largest absolute Gasteiger partial charge is 0.463 e. The number of carbonyl (C=O) groups excluding carboxylic acids is 2. The number of hydrogen-bond acceptors (Lipinski definition) is 6. The Morgan fingerprint density at radius 2 is 1.19 bits per heavy atom. The second-order valence-corrected chi connectivity index (χ2v) is 6.83. The maximum atomic E-state index is 12.2. The fourth-order valence-electron chi connectivity index (χ4n) is 2.95. The smallest absolute Gasteiger partial charge is 0.309 e. The molecule has 0 aliphatic heterocycles. The van der Waals surface area contributed by atoms with Crippen LogP contribution in [-0.2, 0) is 28.5 Å². The highest BCUT2D eigenvalue weighted by Crippen LogP contribution is 2.30. The number of hydrogen-bond donors (Lipinski definition) is 0. The van der Waals surface area contributed by atoms with Gasteiger partial charge in [-0.1, -0.05) is 33.1 Å². The minimum atomic E-state index is -0.218. The van der Waals surface area contributed by atoms with E-state index in [1.165, 1.54) is 0 Å². The van der Waals surface area contributed by atoms with Crippen LogP contribution in [0.2, 0.25) is 0 Å². The van der Waals surface area contributed by atoms with Crippen molar-refractivity contribution in [2.75, 3.05) is 39.6 Å². The molecule has 0 heterocycles. The molecule has 1 aliphatic rings. The zero-order valence-electron chi connectivity index (χ0n) is 16.5. The topological polar surface area (TPSA) is 71.1 Å². The first-order chi connectivity index (χ1) is 12.7. The van der Waals surface area contributed by atoms with Gasteiger partial charge in [-0.3, -0.25) is 9.59 Å². The lowest BCUT2D eigenvalue weighted by molar-refractivity contribution is -0.156. The zero-order valence-corrected chi connectivity index (χ0v) is 16.5. The molecule has 0 spiro atoms. The van der Waals surface area contributed by atoms with E-state index in [2.05, 4.69) is 13.8 Å². The second-order valence-electron chi connectivity index (χ2n) is 6.83. The Morgan fingerprint density at radius 1 is 0.731 bits per heavy atom. The molecule has 152 valence electrons. The Morgan fingerprint density at radius 3 is 1.62 bits per heavy atom. The molecule has 0 bridgehead atoms. The third kappa shape index (κ3) is 10.1. The van der Waals surface area contributed by atoms with Crippen molar-refractivity contribution in [2.24, 2.45) is 11.8 Å². The van der Waals surface area contributed by atoms with Crippen LogP contribution in [0.4, 0.5) is 0 Å². The Kier molecular flexibility index (Phi) is 13.2. The number of unbranched alkanes of at least 4 members (excludes halogenated alkanes) is 2. The van der Waals surface area contributed by atoms with Crippen LogP contribution in [0.3, 0.4) is 0 Å². The summed E-state index contributed by atoms with van der Waals surface area (Å²) in [5, 5.41) is 0. The molecular weight excluding hydrogens is 336 g/mol. The fourth-order valence-corrected chi connectivity index (χ4v) is 2.95. The molecule has 26 heavy (non-hydrogen) atoms. The Labute approximate surface area is 157 Å². The molecule has 0 N–H and O–H groups in total. The summed E-state index contributed by atoms with van der Waals surface area (Å²) in [7, 11) is 0. The Hall–Kier alpha value is -1.14. The van der Waals surface area contributed by atoms with E-state index in [4.69, 9.17) is 18.9 Å². The monoisotopic (exact) mass is 372 g/mol. The Bertz CT molecular complexity index is 350. The highest BCUT2D eigenvalue weighted by molar-refractivity contribution is 5.76. The molecule has 1 fully saturated rings. The van der Waals surface area contributed by atoms with Gasteiger partial charge in [-0.2, -0.15) is 0 Å². The van der Waals surface area contributed by atoms with Crippen molar-refractivity contribution in [3.63, 3.8) is 0 Å². The average molecular weight is 373 g/mol. The van der Waals surface area contributed by atoms with E-state index in [0.29, 0.717) is 32.8 Å². The molecule has 1 saturated carbocycles. The van der Waals surface area contributed by atoms with Crippen molar-refractivity contribution in [1.82, 2.24) is 0 Å². The summed E-state index contributed by atoms with van der Waals surface area (Å²) in [6.07, 6.45) is 7.13. The highest BCUT2D eigenvalue weighted by atomic mass is 16.6. The second kappa shape index (κ2) is 15.0. The summed E-state index contributed by atoms with van der Waals surface area (Å²) in [5.74, 6) is -0.857. The van der Waals surface area contributed by atoms with Gasteiger partial charge < -0.3 is 18.9 Å². The number of esters is 2. The van der Waals surface area contributed by atoms with Crippen molar-refractivity contribution in [3.8, 4) is 0 Å². The highest BCUT2D eigenvalue weighted by Gasteiger charge is 2.32. The van der Waals surface area contributed by atoms with Gasteiger partial charge in [-0.25, -0.2) is 0 Å². The zero-order chi connectivity index (χ0) is 19.0. The van der Waals surface area contributed by atoms with Crippen LogP contribution in [0.25, 0.3) is 0 Å². The first-order valence-corrected chi connectivity index (χ1v) is 10.2. The fraction of sp³-hybridized carbons (Fsp3) is 0.900. The lowest BCUT2D eigenvalue weighted by Crippen LogP contribution is -2.30. The van der Waals surface area contributed by atoms with Crippen LogP contribution in [0, 0.1) is 11.8 Å². The minimum Gasteiger partial charge on any atom is -0.463 e. The predicted molar refractivity (Wildman–Crippen MR) is 98.8 cm³/mol. The SMILES string of the molecule is CCCCOCCOC(=O)C1CCCC(C(=O)OCCOCCCC)C1. The van der Waals surface area contributed by atoms with E-state index >= 15 is 0 Å². The first-order valence-electron chi connectivity index (χ1n) is 10.2. The van der Waals surface area contributed by atoms with Gasteiger partial charge in [0.15, 0.2) is 0 Å². The molecule has 1 rings (SSSR count). The van der Waals surface area contributed by atoms with Crippen molar-refractivity contribution >= 4 is 11.9 Å². The van der Waals surface area contributed by atoms with Gasteiger partial charge in [-0.05, 0) is 32.1 Å². The molecule has 6 heteroatoms. The van der Waals surface area contributed by atoms with E-state index in [0.717, 1.165) is 44.9 Å². The minimum absolute atomic E-state index is 0.210. The normalized spacial score (nSPS) is 19.9. The van der Waals surface area contributed by atoms with Gasteiger partial charge >= 0.3 is 11.9 Å². The summed E-state index contributed by atoms with van der Waals surface area (Å²) in [6, 6.07) is 0. The molecule has 6 nitrogen and oxygen atoms in total. The molecule has 2 unspecified atom stereocenters. The molecule has 0 aromatic rings. The Balaban J connectivity index is 2.17. The van der Waals surface area contributed by atoms with E-state index < -0.39 is 0 Å². The number of rotatable bonds is 14. The molecule has 1 aliphatic carbocycles. The van der Waals surface area contributed by atoms with E-state index in [1.54, 1.807) is 0 Å².